The molecule has 2 rings (SSSR count). The largest absolute Gasteiger partial charge is 0.355 e. The van der Waals surface area contributed by atoms with Crippen LogP contribution in [0.3, 0.4) is 0 Å². The van der Waals surface area contributed by atoms with E-state index in [4.69, 9.17) is 0 Å². The Balaban J connectivity index is 1.71. The molecule has 5 nitrogen and oxygen atoms in total. The third kappa shape index (κ3) is 5.39. The summed E-state index contributed by atoms with van der Waals surface area (Å²) in [6.07, 6.45) is 8.77. The Kier molecular flexibility index (Phi) is 6.44. The molecule has 1 N–H and O–H groups in total. The number of nitrogens with one attached hydrogen (secondary N) is 1. The molecule has 0 aromatic carbocycles. The summed E-state index contributed by atoms with van der Waals surface area (Å²) >= 11 is 0. The number of carbonyl (C=O) groups is 1. The fraction of sp³-hybridized carbons (Fsp3) is 0.812. The number of sulfone groups is 1. The first-order valence-corrected chi connectivity index (χ1v) is 10.2. The summed E-state index contributed by atoms with van der Waals surface area (Å²) in [4.78, 5) is 14.0. The third-order valence-corrected chi connectivity index (χ3v) is 6.38. The molecular formula is C16H28N2O3S. The van der Waals surface area contributed by atoms with Crippen molar-refractivity contribution in [2.45, 2.75) is 51.5 Å². The molecule has 126 valence electrons. The SMILES string of the molecule is CCN(CC(=O)NCCC1=CCCCC1)C1CCS(=O)(=O)C1. The third-order valence-electron chi connectivity index (χ3n) is 4.63. The molecule has 22 heavy (non-hydrogen) atoms. The van der Waals surface area contributed by atoms with Gasteiger partial charge >= 0.3 is 0 Å². The number of likely N-dealkylation sites (N-methyl/N-ethyl adjacent to an activating group) is 1. The van der Waals surface area contributed by atoms with Gasteiger partial charge in [-0.2, -0.15) is 0 Å². The predicted octanol–water partition coefficient (Wildman–Crippen LogP) is 1.50. The van der Waals surface area contributed by atoms with E-state index in [1.807, 2.05) is 11.8 Å². The van der Waals surface area contributed by atoms with E-state index < -0.39 is 9.84 Å². The maximum Gasteiger partial charge on any atom is 0.234 e. The number of hydrogen-bond acceptors (Lipinski definition) is 4. The average molecular weight is 328 g/mol. The Morgan fingerprint density at radius 2 is 2.23 bits per heavy atom. The van der Waals surface area contributed by atoms with Gasteiger partial charge in [-0.25, -0.2) is 8.42 Å². The minimum absolute atomic E-state index is 0.00167. The van der Waals surface area contributed by atoms with Gasteiger partial charge in [0.15, 0.2) is 9.84 Å². The molecule has 1 heterocycles. The Morgan fingerprint density at radius 3 is 2.82 bits per heavy atom. The van der Waals surface area contributed by atoms with Gasteiger partial charge < -0.3 is 5.32 Å². The summed E-state index contributed by atoms with van der Waals surface area (Å²) in [6.45, 7) is 3.67. The van der Waals surface area contributed by atoms with E-state index in [0.717, 1.165) is 12.8 Å². The number of nitrogens with zero attached hydrogens (tertiary/aromatic N) is 1. The molecule has 6 heteroatoms. The monoisotopic (exact) mass is 328 g/mol. The van der Waals surface area contributed by atoms with Crippen molar-refractivity contribution in [1.82, 2.24) is 10.2 Å². The van der Waals surface area contributed by atoms with Gasteiger partial charge in [-0.05, 0) is 45.1 Å². The summed E-state index contributed by atoms with van der Waals surface area (Å²) in [5.41, 5.74) is 1.46. The van der Waals surface area contributed by atoms with Gasteiger partial charge in [-0.1, -0.05) is 18.6 Å². The summed E-state index contributed by atoms with van der Waals surface area (Å²) < 4.78 is 23.1. The fourth-order valence-electron chi connectivity index (χ4n) is 3.30. The number of allylic oxidation sites excluding steroid dienone is 1. The lowest BCUT2D eigenvalue weighted by atomic mass is 9.97. The van der Waals surface area contributed by atoms with E-state index in [1.54, 1.807) is 0 Å². The number of carbonyl (C=O) groups excluding carboxylic acids is 1. The quantitative estimate of drug-likeness (QED) is 0.719. The molecule has 1 amide bonds. The Hall–Kier alpha value is -0.880. The molecular weight excluding hydrogens is 300 g/mol. The van der Waals surface area contributed by atoms with Crippen molar-refractivity contribution in [1.29, 1.82) is 0 Å². The van der Waals surface area contributed by atoms with Crippen LogP contribution in [0.25, 0.3) is 0 Å². The zero-order valence-corrected chi connectivity index (χ0v) is 14.3. The van der Waals surface area contributed by atoms with Crippen molar-refractivity contribution < 1.29 is 13.2 Å². The number of hydrogen-bond donors (Lipinski definition) is 1. The van der Waals surface area contributed by atoms with E-state index in [0.29, 0.717) is 26.1 Å². The highest BCUT2D eigenvalue weighted by Gasteiger charge is 2.32. The Labute approximate surface area is 134 Å². The fourth-order valence-corrected chi connectivity index (χ4v) is 5.06. The molecule has 1 unspecified atom stereocenters. The van der Waals surface area contributed by atoms with Gasteiger partial charge in [0.25, 0.3) is 0 Å². The standard InChI is InChI=1S/C16H28N2O3S/c1-2-18(15-9-11-22(20,21)13-15)12-16(19)17-10-8-14-6-4-3-5-7-14/h6,15H,2-5,7-13H2,1H3,(H,17,19). The first-order valence-electron chi connectivity index (χ1n) is 8.39. The molecule has 0 spiro atoms. The summed E-state index contributed by atoms with van der Waals surface area (Å²) in [5, 5.41) is 2.97. The summed E-state index contributed by atoms with van der Waals surface area (Å²) in [5.74, 6) is 0.452. The molecule has 0 aromatic heterocycles. The van der Waals surface area contributed by atoms with Crippen LogP contribution in [0, 0.1) is 0 Å². The zero-order valence-electron chi connectivity index (χ0n) is 13.5. The molecule has 1 saturated heterocycles. The van der Waals surface area contributed by atoms with Crippen molar-refractivity contribution in [2.24, 2.45) is 0 Å². The Bertz CT molecular complexity index is 513. The van der Waals surface area contributed by atoms with Crippen LogP contribution in [0.2, 0.25) is 0 Å². The van der Waals surface area contributed by atoms with Crippen molar-refractivity contribution in [3.8, 4) is 0 Å². The van der Waals surface area contributed by atoms with Gasteiger partial charge in [0.1, 0.15) is 0 Å². The summed E-state index contributed by atoms with van der Waals surface area (Å²) in [7, 11) is -2.90. The average Bonchev–Trinajstić information content (AvgIpc) is 2.86. The minimum Gasteiger partial charge on any atom is -0.355 e. The molecule has 1 atom stereocenters. The van der Waals surface area contributed by atoms with Gasteiger partial charge in [-0.3, -0.25) is 9.69 Å². The maximum absolute atomic E-state index is 12.1. The first-order chi connectivity index (χ1) is 10.5. The van der Waals surface area contributed by atoms with E-state index in [9.17, 15) is 13.2 Å². The van der Waals surface area contributed by atoms with Crippen LogP contribution < -0.4 is 5.32 Å². The second-order valence-corrected chi connectivity index (χ2v) is 8.56. The molecule has 1 aliphatic carbocycles. The van der Waals surface area contributed by atoms with Gasteiger partial charge in [0, 0.05) is 12.6 Å². The van der Waals surface area contributed by atoms with Crippen molar-refractivity contribution in [3.63, 3.8) is 0 Å². The second-order valence-electron chi connectivity index (χ2n) is 6.33. The van der Waals surface area contributed by atoms with Crippen LogP contribution in [0.1, 0.15) is 45.4 Å². The van der Waals surface area contributed by atoms with E-state index in [-0.39, 0.29) is 23.5 Å². The molecule has 0 saturated carbocycles. The smallest absolute Gasteiger partial charge is 0.234 e. The van der Waals surface area contributed by atoms with Crippen LogP contribution in [0.5, 0.6) is 0 Å². The van der Waals surface area contributed by atoms with E-state index in [2.05, 4.69) is 11.4 Å². The molecule has 0 bridgehead atoms. The Morgan fingerprint density at radius 1 is 1.41 bits per heavy atom. The van der Waals surface area contributed by atoms with Crippen molar-refractivity contribution in [3.05, 3.63) is 11.6 Å². The molecule has 0 aromatic rings. The van der Waals surface area contributed by atoms with Crippen LogP contribution >= 0.6 is 0 Å². The molecule has 1 fully saturated rings. The zero-order chi connectivity index (χ0) is 16.0. The highest BCUT2D eigenvalue weighted by molar-refractivity contribution is 7.91. The minimum atomic E-state index is -2.90. The van der Waals surface area contributed by atoms with Crippen LogP contribution in [-0.2, 0) is 14.6 Å². The van der Waals surface area contributed by atoms with Crippen LogP contribution in [0.4, 0.5) is 0 Å². The second kappa shape index (κ2) is 8.11. The lowest BCUT2D eigenvalue weighted by Crippen LogP contribution is -2.43. The van der Waals surface area contributed by atoms with Gasteiger partial charge in [0.2, 0.25) is 5.91 Å². The normalized spacial score (nSPS) is 24.3. The molecule has 0 radical (unpaired) electrons. The van der Waals surface area contributed by atoms with Crippen molar-refractivity contribution in [2.75, 3.05) is 31.1 Å². The van der Waals surface area contributed by atoms with Crippen LogP contribution in [-0.4, -0.2) is 56.4 Å². The predicted molar refractivity (Wildman–Crippen MR) is 88.5 cm³/mol. The topological polar surface area (TPSA) is 66.5 Å². The van der Waals surface area contributed by atoms with Gasteiger partial charge in [0.05, 0.1) is 18.1 Å². The van der Waals surface area contributed by atoms with E-state index in [1.165, 1.54) is 24.8 Å². The first kappa shape index (κ1) is 17.5. The molecule has 1 aliphatic heterocycles. The van der Waals surface area contributed by atoms with Crippen LogP contribution in [0.15, 0.2) is 11.6 Å². The summed E-state index contributed by atoms with van der Waals surface area (Å²) in [6, 6.07) is 0.00167. The number of rotatable bonds is 7. The highest BCUT2D eigenvalue weighted by Crippen LogP contribution is 2.19. The van der Waals surface area contributed by atoms with Crippen molar-refractivity contribution >= 4 is 15.7 Å². The number of amides is 1. The molecule has 2 aliphatic rings. The highest BCUT2D eigenvalue weighted by atomic mass is 32.2. The van der Waals surface area contributed by atoms with Gasteiger partial charge in [-0.15, -0.1) is 0 Å². The lowest BCUT2D eigenvalue weighted by molar-refractivity contribution is -0.122. The van der Waals surface area contributed by atoms with E-state index >= 15 is 0 Å². The maximum atomic E-state index is 12.1. The lowest BCUT2D eigenvalue weighted by Gasteiger charge is -2.25.